The van der Waals surface area contributed by atoms with Crippen LogP contribution in [0, 0.1) is 12.3 Å². The van der Waals surface area contributed by atoms with Gasteiger partial charge in [0.2, 0.25) is 11.2 Å². The van der Waals surface area contributed by atoms with Crippen molar-refractivity contribution >= 4 is 10.9 Å². The fourth-order valence-electron chi connectivity index (χ4n) is 3.31. The number of hydrogen-bond donors (Lipinski definition) is 0. The molecule has 0 saturated carbocycles. The molecule has 0 fully saturated rings. The molecule has 3 rings (SSSR count). The van der Waals surface area contributed by atoms with Crippen molar-refractivity contribution in [2.45, 2.75) is 34.1 Å². The second-order valence-electron chi connectivity index (χ2n) is 7.72. The Balaban J connectivity index is 2.10. The van der Waals surface area contributed by atoms with Crippen LogP contribution >= 0.6 is 0 Å². The van der Waals surface area contributed by atoms with E-state index in [-0.39, 0.29) is 0 Å². The predicted octanol–water partition coefficient (Wildman–Crippen LogP) is 5.23. The number of rotatable bonds is 2. The molecule has 0 aliphatic heterocycles. The Morgan fingerprint density at radius 3 is 2.35 bits per heavy atom. The van der Waals surface area contributed by atoms with E-state index < -0.39 is 0 Å². The normalized spacial score (nSPS) is 11.9. The fourth-order valence-corrected chi connectivity index (χ4v) is 3.31. The lowest BCUT2D eigenvalue weighted by Crippen LogP contribution is -2.32. The van der Waals surface area contributed by atoms with Crippen molar-refractivity contribution in [2.24, 2.45) is 12.5 Å². The van der Waals surface area contributed by atoms with Gasteiger partial charge in [0.25, 0.3) is 0 Å². The zero-order chi connectivity index (χ0) is 16.6. The molecule has 0 aliphatic rings. The largest absolute Gasteiger partial charge is 0.213 e. The Morgan fingerprint density at radius 1 is 0.913 bits per heavy atom. The average Bonchev–Trinajstić information content (AvgIpc) is 2.47. The minimum absolute atomic E-state index is 0.316. The molecule has 1 heterocycles. The molecule has 0 aliphatic carbocycles. The Bertz CT molecular complexity index is 853. The second kappa shape index (κ2) is 5.81. The summed E-state index contributed by atoms with van der Waals surface area (Å²) in [7, 11) is 2.16. The number of nitrogens with zero attached hydrogens (tertiary/aromatic N) is 1. The van der Waals surface area contributed by atoms with Gasteiger partial charge in [0.1, 0.15) is 7.05 Å². The van der Waals surface area contributed by atoms with E-state index >= 15 is 0 Å². The first kappa shape index (κ1) is 15.7. The summed E-state index contributed by atoms with van der Waals surface area (Å²) in [5, 5.41) is 1.31. The van der Waals surface area contributed by atoms with Gasteiger partial charge < -0.3 is 0 Å². The molecule has 3 aromatic rings. The SMILES string of the molecule is Cc1ccccc1-c1ccc2cc(CC(C)(C)C)ccc2[n+]1C. The van der Waals surface area contributed by atoms with E-state index in [0.29, 0.717) is 5.41 Å². The summed E-state index contributed by atoms with van der Waals surface area (Å²) >= 11 is 0. The summed E-state index contributed by atoms with van der Waals surface area (Å²) in [6.45, 7) is 9.04. The van der Waals surface area contributed by atoms with Crippen LogP contribution in [0.25, 0.3) is 22.2 Å². The maximum Gasteiger partial charge on any atom is 0.213 e. The monoisotopic (exact) mass is 304 g/mol. The van der Waals surface area contributed by atoms with Crippen molar-refractivity contribution in [2.75, 3.05) is 0 Å². The zero-order valence-corrected chi connectivity index (χ0v) is 14.9. The zero-order valence-electron chi connectivity index (χ0n) is 14.9. The van der Waals surface area contributed by atoms with Crippen LogP contribution in [-0.4, -0.2) is 0 Å². The number of fused-ring (bicyclic) bond motifs is 1. The van der Waals surface area contributed by atoms with E-state index in [9.17, 15) is 0 Å². The van der Waals surface area contributed by atoms with E-state index in [1.165, 1.54) is 33.3 Å². The summed E-state index contributed by atoms with van der Waals surface area (Å²) < 4.78 is 2.30. The number of pyridine rings is 1. The average molecular weight is 304 g/mol. The van der Waals surface area contributed by atoms with E-state index in [1.807, 2.05) is 0 Å². The molecule has 0 unspecified atom stereocenters. The molecule has 1 heteroatoms. The molecule has 23 heavy (non-hydrogen) atoms. The fraction of sp³-hybridized carbons (Fsp3) is 0.318. The van der Waals surface area contributed by atoms with Crippen LogP contribution in [0.4, 0.5) is 0 Å². The van der Waals surface area contributed by atoms with Crippen molar-refractivity contribution in [3.05, 3.63) is 65.7 Å². The van der Waals surface area contributed by atoms with E-state index in [1.54, 1.807) is 0 Å². The number of aromatic nitrogens is 1. The Hall–Kier alpha value is -2.15. The second-order valence-corrected chi connectivity index (χ2v) is 7.72. The summed E-state index contributed by atoms with van der Waals surface area (Å²) in [4.78, 5) is 0. The van der Waals surface area contributed by atoms with Gasteiger partial charge >= 0.3 is 0 Å². The minimum atomic E-state index is 0.316. The first-order chi connectivity index (χ1) is 10.8. The molecule has 0 amide bonds. The number of benzene rings is 2. The predicted molar refractivity (Wildman–Crippen MR) is 98.5 cm³/mol. The molecule has 118 valence electrons. The standard InChI is InChI=1S/C22H26N/c1-16-8-6-7-9-19(16)21-13-11-18-14-17(15-22(2,3)4)10-12-20(18)23(21)5/h6-14H,15H2,1-5H3/q+1. The van der Waals surface area contributed by atoms with Crippen LogP contribution in [-0.2, 0) is 13.5 Å². The maximum absolute atomic E-state index is 2.34. The highest BCUT2D eigenvalue weighted by atomic mass is 14.9. The Morgan fingerprint density at radius 2 is 1.65 bits per heavy atom. The van der Waals surface area contributed by atoms with Crippen LogP contribution in [0.15, 0.2) is 54.6 Å². The molecule has 0 atom stereocenters. The molecular formula is C22H26N+. The Labute approximate surface area is 139 Å². The topological polar surface area (TPSA) is 3.88 Å². The van der Waals surface area contributed by atoms with Crippen LogP contribution in [0.5, 0.6) is 0 Å². The maximum atomic E-state index is 2.34. The van der Waals surface area contributed by atoms with E-state index in [2.05, 4.69) is 93.9 Å². The third kappa shape index (κ3) is 3.29. The van der Waals surface area contributed by atoms with Gasteiger partial charge in [0, 0.05) is 23.1 Å². The van der Waals surface area contributed by atoms with Gasteiger partial charge in [-0.15, -0.1) is 0 Å². The summed E-state index contributed by atoms with van der Waals surface area (Å²) in [6.07, 6.45) is 1.10. The van der Waals surface area contributed by atoms with Crippen molar-refractivity contribution in [1.82, 2.24) is 0 Å². The Kier molecular flexibility index (Phi) is 3.97. The number of aryl methyl sites for hydroxylation is 2. The van der Waals surface area contributed by atoms with E-state index in [4.69, 9.17) is 0 Å². The smallest absolute Gasteiger partial charge is 0.194 e. The first-order valence-corrected chi connectivity index (χ1v) is 8.33. The summed E-state index contributed by atoms with van der Waals surface area (Å²) in [5.74, 6) is 0. The highest BCUT2D eigenvalue weighted by Crippen LogP contribution is 2.25. The van der Waals surface area contributed by atoms with Gasteiger partial charge in [-0.1, -0.05) is 45.0 Å². The van der Waals surface area contributed by atoms with Crippen LogP contribution in [0.1, 0.15) is 31.9 Å². The molecule has 0 bridgehead atoms. The quantitative estimate of drug-likeness (QED) is 0.571. The van der Waals surface area contributed by atoms with Gasteiger partial charge in [-0.2, -0.15) is 4.57 Å². The van der Waals surface area contributed by atoms with Gasteiger partial charge in [0.15, 0.2) is 0 Å². The lowest BCUT2D eigenvalue weighted by atomic mass is 9.88. The minimum Gasteiger partial charge on any atom is -0.194 e. The lowest BCUT2D eigenvalue weighted by molar-refractivity contribution is -0.633. The third-order valence-corrected chi connectivity index (χ3v) is 4.39. The van der Waals surface area contributed by atoms with Crippen LogP contribution in [0.3, 0.4) is 0 Å². The molecule has 1 aromatic heterocycles. The van der Waals surface area contributed by atoms with Crippen LogP contribution < -0.4 is 4.57 Å². The molecule has 2 aromatic carbocycles. The molecule has 0 radical (unpaired) electrons. The van der Waals surface area contributed by atoms with Crippen LogP contribution in [0.2, 0.25) is 0 Å². The molecule has 0 saturated heterocycles. The highest BCUT2D eigenvalue weighted by Gasteiger charge is 2.17. The van der Waals surface area contributed by atoms with Crippen molar-refractivity contribution in [3.8, 4) is 11.3 Å². The summed E-state index contributed by atoms with van der Waals surface area (Å²) in [6, 6.07) is 19.9. The van der Waals surface area contributed by atoms with Gasteiger partial charge in [-0.3, -0.25) is 0 Å². The van der Waals surface area contributed by atoms with Crippen molar-refractivity contribution in [1.29, 1.82) is 0 Å². The van der Waals surface area contributed by atoms with E-state index in [0.717, 1.165) is 6.42 Å². The molecule has 1 nitrogen and oxygen atoms in total. The molecular weight excluding hydrogens is 278 g/mol. The van der Waals surface area contributed by atoms with Gasteiger partial charge in [-0.05, 0) is 48.1 Å². The van der Waals surface area contributed by atoms with Crippen molar-refractivity contribution in [3.63, 3.8) is 0 Å². The third-order valence-electron chi connectivity index (χ3n) is 4.39. The highest BCUT2D eigenvalue weighted by molar-refractivity contribution is 5.78. The first-order valence-electron chi connectivity index (χ1n) is 8.33. The summed E-state index contributed by atoms with van der Waals surface area (Å²) in [5.41, 5.74) is 6.88. The van der Waals surface area contributed by atoms with Crippen molar-refractivity contribution < 1.29 is 4.57 Å². The van der Waals surface area contributed by atoms with Gasteiger partial charge in [0.05, 0.1) is 0 Å². The van der Waals surface area contributed by atoms with Gasteiger partial charge in [-0.25, -0.2) is 0 Å². The molecule has 0 N–H and O–H groups in total. The molecule has 0 spiro atoms. The number of hydrogen-bond acceptors (Lipinski definition) is 0. The lowest BCUT2D eigenvalue weighted by Gasteiger charge is -2.18.